The Kier molecular flexibility index (Phi) is 4.51. The van der Waals surface area contributed by atoms with Crippen LogP contribution in [-0.4, -0.2) is 37.5 Å². The number of carbonyl (C=O) groups is 1. The summed E-state index contributed by atoms with van der Waals surface area (Å²) in [5.41, 5.74) is 2.92. The summed E-state index contributed by atoms with van der Waals surface area (Å²) in [4.78, 5) is 24.9. The van der Waals surface area contributed by atoms with Crippen LogP contribution in [0.4, 0.5) is 0 Å². The zero-order valence-corrected chi connectivity index (χ0v) is 14.8. The van der Waals surface area contributed by atoms with Crippen molar-refractivity contribution in [2.75, 3.05) is 31.9 Å². The van der Waals surface area contributed by atoms with Gasteiger partial charge in [0, 0.05) is 44.5 Å². The Morgan fingerprint density at radius 2 is 2.12 bits per heavy atom. The summed E-state index contributed by atoms with van der Waals surface area (Å²) in [6, 6.07) is 10.0. The fourth-order valence-corrected chi connectivity index (χ4v) is 3.88. The molecule has 2 aromatic rings. The van der Waals surface area contributed by atoms with Gasteiger partial charge in [-0.15, -0.1) is 0 Å². The maximum atomic E-state index is 12.6. The first-order valence-corrected chi connectivity index (χ1v) is 8.99. The minimum atomic E-state index is -0.573. The number of rotatable bonds is 5. The van der Waals surface area contributed by atoms with Gasteiger partial charge in [-0.3, -0.25) is 9.47 Å². The van der Waals surface area contributed by atoms with Crippen LogP contribution in [0.1, 0.15) is 41.2 Å². The normalized spacial score (nSPS) is 17.4. The van der Waals surface area contributed by atoms with Gasteiger partial charge in [0.15, 0.2) is 5.43 Å². The molecule has 1 saturated heterocycles. The quantitative estimate of drug-likeness (QED) is 0.610. The van der Waals surface area contributed by atoms with Crippen molar-refractivity contribution in [3.63, 3.8) is 0 Å². The Balaban J connectivity index is 1.71. The Hall–Kier alpha value is -2.60. The van der Waals surface area contributed by atoms with E-state index >= 15 is 0 Å². The maximum Gasteiger partial charge on any atom is 0.343 e. The molecular formula is C20H22N2O4. The lowest BCUT2D eigenvalue weighted by Crippen LogP contribution is -2.39. The molecule has 1 atom stereocenters. The smallest absolute Gasteiger partial charge is 0.343 e. The molecule has 0 saturated carbocycles. The number of aromatic nitrogens is 1. The summed E-state index contributed by atoms with van der Waals surface area (Å²) < 4.78 is 12.1. The minimum absolute atomic E-state index is 0.0798. The first-order chi connectivity index (χ1) is 12.7. The van der Waals surface area contributed by atoms with E-state index in [1.807, 2.05) is 22.9 Å². The molecule has 2 aliphatic heterocycles. The first kappa shape index (κ1) is 16.8. The van der Waals surface area contributed by atoms with Gasteiger partial charge in [0.2, 0.25) is 0 Å². The SMILES string of the molecule is COCCCOC(=O)c1cn2c(cc1=O)-c1ccccc1C1CCCN12. The molecule has 6 nitrogen and oxygen atoms in total. The molecule has 0 bridgehead atoms. The average molecular weight is 354 g/mol. The summed E-state index contributed by atoms with van der Waals surface area (Å²) in [6.45, 7) is 1.66. The zero-order valence-electron chi connectivity index (χ0n) is 14.8. The van der Waals surface area contributed by atoms with Gasteiger partial charge in [0.25, 0.3) is 0 Å². The molecular weight excluding hydrogens is 332 g/mol. The van der Waals surface area contributed by atoms with Crippen molar-refractivity contribution in [1.29, 1.82) is 0 Å². The van der Waals surface area contributed by atoms with Gasteiger partial charge in [-0.1, -0.05) is 24.3 Å². The lowest BCUT2D eigenvalue weighted by molar-refractivity contribution is 0.0466. The van der Waals surface area contributed by atoms with Gasteiger partial charge in [0.1, 0.15) is 5.56 Å². The lowest BCUT2D eigenvalue weighted by atomic mass is 9.94. The minimum Gasteiger partial charge on any atom is -0.462 e. The Labute approximate surface area is 151 Å². The van der Waals surface area contributed by atoms with Crippen molar-refractivity contribution < 1.29 is 14.3 Å². The monoisotopic (exact) mass is 354 g/mol. The Morgan fingerprint density at radius 3 is 2.96 bits per heavy atom. The molecule has 4 rings (SSSR count). The van der Waals surface area contributed by atoms with E-state index in [-0.39, 0.29) is 23.6 Å². The number of hydrogen-bond donors (Lipinski definition) is 0. The molecule has 136 valence electrons. The van der Waals surface area contributed by atoms with Gasteiger partial charge < -0.3 is 14.5 Å². The number of ether oxygens (including phenoxy) is 2. The van der Waals surface area contributed by atoms with E-state index in [1.54, 1.807) is 19.4 Å². The number of benzene rings is 1. The summed E-state index contributed by atoms with van der Waals surface area (Å²) >= 11 is 0. The fourth-order valence-electron chi connectivity index (χ4n) is 3.88. The predicted molar refractivity (Wildman–Crippen MR) is 98.0 cm³/mol. The van der Waals surface area contributed by atoms with Crippen LogP contribution in [0.5, 0.6) is 0 Å². The molecule has 2 aliphatic rings. The summed E-state index contributed by atoms with van der Waals surface area (Å²) in [6.07, 6.45) is 4.40. The molecule has 1 aromatic carbocycles. The molecule has 3 heterocycles. The average Bonchev–Trinajstić information content (AvgIpc) is 3.15. The molecule has 6 heteroatoms. The molecule has 0 aliphatic carbocycles. The Morgan fingerprint density at radius 1 is 1.27 bits per heavy atom. The van der Waals surface area contributed by atoms with Crippen LogP contribution in [0, 0.1) is 0 Å². The van der Waals surface area contributed by atoms with Crippen molar-refractivity contribution in [3.8, 4) is 11.3 Å². The van der Waals surface area contributed by atoms with Gasteiger partial charge in [-0.25, -0.2) is 4.79 Å². The van der Waals surface area contributed by atoms with Crippen molar-refractivity contribution in [2.45, 2.75) is 25.3 Å². The third-order valence-corrected chi connectivity index (χ3v) is 5.07. The standard InChI is InChI=1S/C20H22N2O4/c1-25-10-5-11-26-20(24)16-13-22-18(12-19(16)23)15-7-3-2-6-14(15)17-8-4-9-21(17)22/h2-3,6-7,12-13,17H,4-5,8-11H2,1H3. The summed E-state index contributed by atoms with van der Waals surface area (Å²) in [7, 11) is 1.60. The zero-order chi connectivity index (χ0) is 18.1. The highest BCUT2D eigenvalue weighted by Crippen LogP contribution is 2.41. The van der Waals surface area contributed by atoms with Crippen LogP contribution in [-0.2, 0) is 9.47 Å². The molecule has 0 spiro atoms. The number of esters is 1. The molecule has 0 radical (unpaired) electrons. The third-order valence-electron chi connectivity index (χ3n) is 5.07. The van der Waals surface area contributed by atoms with Crippen molar-refractivity contribution in [2.24, 2.45) is 0 Å². The molecule has 26 heavy (non-hydrogen) atoms. The lowest BCUT2D eigenvalue weighted by Gasteiger charge is -2.37. The van der Waals surface area contributed by atoms with Crippen LogP contribution < -0.4 is 10.4 Å². The highest BCUT2D eigenvalue weighted by molar-refractivity contribution is 5.89. The molecule has 0 amide bonds. The van der Waals surface area contributed by atoms with Crippen LogP contribution in [0.25, 0.3) is 11.3 Å². The highest BCUT2D eigenvalue weighted by atomic mass is 16.5. The fraction of sp³-hybridized carbons (Fsp3) is 0.400. The van der Waals surface area contributed by atoms with E-state index in [4.69, 9.17) is 9.47 Å². The topological polar surface area (TPSA) is 60.8 Å². The number of fused-ring (bicyclic) bond motifs is 6. The van der Waals surface area contributed by atoms with E-state index in [0.29, 0.717) is 13.0 Å². The van der Waals surface area contributed by atoms with E-state index in [1.165, 1.54) is 5.56 Å². The van der Waals surface area contributed by atoms with Crippen LogP contribution in [0.15, 0.2) is 41.3 Å². The van der Waals surface area contributed by atoms with Gasteiger partial charge in [-0.05, 0) is 18.4 Å². The summed E-state index contributed by atoms with van der Waals surface area (Å²) in [5, 5.41) is 2.23. The van der Waals surface area contributed by atoms with Gasteiger partial charge >= 0.3 is 5.97 Å². The number of hydrogen-bond acceptors (Lipinski definition) is 5. The van der Waals surface area contributed by atoms with Gasteiger partial charge in [-0.2, -0.15) is 0 Å². The third kappa shape index (κ3) is 2.80. The number of pyridine rings is 1. The maximum absolute atomic E-state index is 12.6. The van der Waals surface area contributed by atoms with E-state index in [9.17, 15) is 9.59 Å². The van der Waals surface area contributed by atoms with Crippen molar-refractivity contribution >= 4 is 5.97 Å². The van der Waals surface area contributed by atoms with Crippen LogP contribution in [0.2, 0.25) is 0 Å². The first-order valence-electron chi connectivity index (χ1n) is 8.99. The van der Waals surface area contributed by atoms with Crippen molar-refractivity contribution in [1.82, 2.24) is 4.68 Å². The largest absolute Gasteiger partial charge is 0.462 e. The molecule has 1 unspecified atom stereocenters. The second kappa shape index (κ2) is 6.96. The Bertz CT molecular complexity index is 890. The molecule has 1 fully saturated rings. The van der Waals surface area contributed by atoms with Crippen molar-refractivity contribution in [3.05, 3.63) is 57.9 Å². The second-order valence-electron chi connectivity index (χ2n) is 6.67. The molecule has 0 N–H and O–H groups in total. The van der Waals surface area contributed by atoms with Crippen LogP contribution in [0.3, 0.4) is 0 Å². The highest BCUT2D eigenvalue weighted by Gasteiger charge is 2.34. The van der Waals surface area contributed by atoms with Gasteiger partial charge in [0.05, 0.1) is 18.3 Å². The summed E-state index contributed by atoms with van der Waals surface area (Å²) in [5.74, 6) is -0.573. The van der Waals surface area contributed by atoms with E-state index < -0.39 is 5.97 Å². The van der Waals surface area contributed by atoms with E-state index in [0.717, 1.165) is 30.6 Å². The number of nitrogens with zero attached hydrogens (tertiary/aromatic N) is 2. The van der Waals surface area contributed by atoms with Crippen LogP contribution >= 0.6 is 0 Å². The number of carbonyl (C=O) groups excluding carboxylic acids is 1. The molecule has 1 aromatic heterocycles. The predicted octanol–water partition coefficient (Wildman–Crippen LogP) is 2.50. The van der Waals surface area contributed by atoms with E-state index in [2.05, 4.69) is 11.1 Å². The second-order valence-corrected chi connectivity index (χ2v) is 6.67. The number of methoxy groups -OCH3 is 1.